The molecule has 0 N–H and O–H groups in total. The van der Waals surface area contributed by atoms with E-state index >= 15 is 0 Å². The van der Waals surface area contributed by atoms with Crippen LogP contribution in [0.1, 0.15) is 330 Å². The Morgan fingerprint density at radius 2 is 0.588 bits per heavy atom. The average Bonchev–Trinajstić information content (AvgIpc) is 3.33. The lowest BCUT2D eigenvalue weighted by molar-refractivity contribution is -0.169. The Morgan fingerprint density at radius 3 is 0.941 bits per heavy atom. The molecular weight excluding hydrogens is 849 g/mol. The summed E-state index contributed by atoms with van der Waals surface area (Å²) in [7, 11) is 0. The third-order valence-corrected chi connectivity index (χ3v) is 14.0. The minimum atomic E-state index is -0.411. The summed E-state index contributed by atoms with van der Waals surface area (Å²) < 4.78 is 24.1. The molecule has 0 saturated carbocycles. The van der Waals surface area contributed by atoms with Crippen molar-refractivity contribution in [1.29, 1.82) is 0 Å². The van der Waals surface area contributed by atoms with Crippen molar-refractivity contribution in [1.82, 2.24) is 0 Å². The fourth-order valence-electron chi connectivity index (χ4n) is 9.30. The molecule has 0 aromatic heterocycles. The molecule has 0 aliphatic rings. The van der Waals surface area contributed by atoms with Gasteiger partial charge in [0, 0.05) is 25.7 Å². The van der Waals surface area contributed by atoms with E-state index in [1.807, 2.05) is 0 Å². The summed E-state index contributed by atoms with van der Waals surface area (Å²) in [5.74, 6) is 0.0757. The molecule has 8 nitrogen and oxygen atoms in total. The van der Waals surface area contributed by atoms with Crippen LogP contribution in [0.2, 0.25) is 0 Å². The summed E-state index contributed by atoms with van der Waals surface area (Å²) in [6.45, 7) is 13.8. The van der Waals surface area contributed by atoms with E-state index in [4.69, 9.17) is 18.9 Å². The van der Waals surface area contributed by atoms with Gasteiger partial charge in [0.15, 0.2) is 0 Å². The molecule has 0 rings (SSSR count). The fourth-order valence-corrected chi connectivity index (χ4v) is 9.30. The highest BCUT2D eigenvalue weighted by molar-refractivity contribution is 5.71. The van der Waals surface area contributed by atoms with Crippen molar-refractivity contribution in [2.24, 2.45) is 5.92 Å². The normalized spacial score (nSPS) is 13.2. The zero-order valence-corrected chi connectivity index (χ0v) is 46.1. The highest BCUT2D eigenvalue weighted by atomic mass is 16.6. The molecule has 0 aliphatic heterocycles. The Balaban J connectivity index is 5.06. The third-order valence-electron chi connectivity index (χ3n) is 14.0. The highest BCUT2D eigenvalue weighted by Gasteiger charge is 2.28. The summed E-state index contributed by atoms with van der Waals surface area (Å²) >= 11 is 0. The van der Waals surface area contributed by atoms with E-state index in [9.17, 15) is 19.2 Å². The molecule has 8 heteroatoms. The molecule has 0 amide bonds. The summed E-state index contributed by atoms with van der Waals surface area (Å²) in [4.78, 5) is 51.8. The van der Waals surface area contributed by atoms with Gasteiger partial charge < -0.3 is 18.9 Å². The van der Waals surface area contributed by atoms with Crippen LogP contribution in [0.15, 0.2) is 0 Å². The van der Waals surface area contributed by atoms with E-state index in [2.05, 4.69) is 41.5 Å². The number of hydrogen-bond donors (Lipinski definition) is 0. The molecule has 0 bridgehead atoms. The molecular formula is C60H114O8. The molecule has 68 heavy (non-hydrogen) atoms. The molecule has 4 unspecified atom stereocenters. The second-order valence-electron chi connectivity index (χ2n) is 20.7. The molecule has 0 fully saturated rings. The monoisotopic (exact) mass is 963 g/mol. The van der Waals surface area contributed by atoms with Crippen LogP contribution in [0, 0.1) is 5.92 Å². The molecule has 0 spiro atoms. The van der Waals surface area contributed by atoms with Crippen LogP contribution in [-0.4, -0.2) is 48.8 Å². The van der Waals surface area contributed by atoms with E-state index < -0.39 is 12.2 Å². The highest BCUT2D eigenvalue weighted by Crippen LogP contribution is 2.24. The fraction of sp³-hybridized carbons (Fsp3) is 0.933. The number of unbranched alkanes of at least 4 members (excludes halogenated alkanes) is 28. The molecule has 0 saturated heterocycles. The van der Waals surface area contributed by atoms with Gasteiger partial charge in [-0.15, -0.1) is 0 Å². The van der Waals surface area contributed by atoms with Crippen LogP contribution in [-0.2, 0) is 38.1 Å². The maximum Gasteiger partial charge on any atom is 0.306 e. The zero-order valence-electron chi connectivity index (χ0n) is 46.1. The first-order valence-electron chi connectivity index (χ1n) is 30.0. The zero-order chi connectivity index (χ0) is 50.0. The number of ether oxygens (including phenoxy) is 4. The molecule has 0 aliphatic carbocycles. The molecule has 0 aromatic rings. The van der Waals surface area contributed by atoms with Gasteiger partial charge in [-0.05, 0) is 89.4 Å². The van der Waals surface area contributed by atoms with Crippen molar-refractivity contribution in [3.05, 3.63) is 0 Å². The van der Waals surface area contributed by atoms with Crippen LogP contribution >= 0.6 is 0 Å². The minimum absolute atomic E-state index is 0.00291. The van der Waals surface area contributed by atoms with Crippen molar-refractivity contribution in [3.8, 4) is 0 Å². The minimum Gasteiger partial charge on any atom is -0.465 e. The van der Waals surface area contributed by atoms with E-state index in [1.54, 1.807) is 0 Å². The van der Waals surface area contributed by atoms with Crippen molar-refractivity contribution in [3.63, 3.8) is 0 Å². The number of rotatable bonds is 53. The molecule has 0 radical (unpaired) electrons. The number of hydrogen-bond acceptors (Lipinski definition) is 8. The molecule has 0 aromatic carbocycles. The van der Waals surface area contributed by atoms with E-state index in [0.29, 0.717) is 44.6 Å². The Morgan fingerprint density at radius 1 is 0.294 bits per heavy atom. The van der Waals surface area contributed by atoms with Crippen LogP contribution in [0.5, 0.6) is 0 Å². The smallest absolute Gasteiger partial charge is 0.306 e. The van der Waals surface area contributed by atoms with E-state index in [0.717, 1.165) is 161 Å². The SMILES string of the molecule is CCCCCCCCC(CCCCCCCCC(=O)OCC(CC)CCCC)OC(=O)CCCCCCCC(OC(=O)CCCCCCC)C(CCCCCCCC)OC(=O)CCCCCCC. The van der Waals surface area contributed by atoms with Gasteiger partial charge in [0.2, 0.25) is 0 Å². The van der Waals surface area contributed by atoms with Gasteiger partial charge in [-0.25, -0.2) is 0 Å². The molecule has 402 valence electrons. The first kappa shape index (κ1) is 65.9. The van der Waals surface area contributed by atoms with Crippen molar-refractivity contribution < 1.29 is 38.1 Å². The summed E-state index contributed by atoms with van der Waals surface area (Å²) in [5, 5.41) is 0. The maximum absolute atomic E-state index is 13.2. The van der Waals surface area contributed by atoms with Crippen molar-refractivity contribution >= 4 is 23.9 Å². The van der Waals surface area contributed by atoms with Gasteiger partial charge in [0.25, 0.3) is 0 Å². The second-order valence-corrected chi connectivity index (χ2v) is 20.7. The van der Waals surface area contributed by atoms with Gasteiger partial charge in [-0.3, -0.25) is 19.2 Å². The van der Waals surface area contributed by atoms with Crippen LogP contribution in [0.4, 0.5) is 0 Å². The molecule has 0 heterocycles. The predicted molar refractivity (Wildman–Crippen MR) is 286 cm³/mol. The predicted octanol–water partition coefficient (Wildman–Crippen LogP) is 18.6. The van der Waals surface area contributed by atoms with Crippen molar-refractivity contribution in [2.75, 3.05) is 6.61 Å². The van der Waals surface area contributed by atoms with Gasteiger partial charge in [-0.2, -0.15) is 0 Å². The van der Waals surface area contributed by atoms with Crippen LogP contribution in [0.25, 0.3) is 0 Å². The quantitative estimate of drug-likeness (QED) is 0.0337. The Hall–Kier alpha value is -2.12. The van der Waals surface area contributed by atoms with E-state index in [1.165, 1.54) is 96.3 Å². The lowest BCUT2D eigenvalue weighted by Crippen LogP contribution is -2.35. The Bertz CT molecular complexity index is 1120. The lowest BCUT2D eigenvalue weighted by Gasteiger charge is -2.27. The number of carbonyl (C=O) groups is 4. The van der Waals surface area contributed by atoms with Crippen molar-refractivity contribution in [2.45, 2.75) is 349 Å². The number of carbonyl (C=O) groups excluding carboxylic acids is 4. The topological polar surface area (TPSA) is 105 Å². The van der Waals surface area contributed by atoms with Gasteiger partial charge >= 0.3 is 23.9 Å². The first-order valence-corrected chi connectivity index (χ1v) is 30.0. The second kappa shape index (κ2) is 51.2. The Kier molecular flexibility index (Phi) is 49.6. The third kappa shape index (κ3) is 43.9. The van der Waals surface area contributed by atoms with Crippen LogP contribution < -0.4 is 0 Å². The summed E-state index contributed by atoms with van der Waals surface area (Å²) in [6.07, 6.45) is 45.2. The Labute approximate surface area is 421 Å². The van der Waals surface area contributed by atoms with E-state index in [-0.39, 0.29) is 30.0 Å². The standard InChI is InChI=1S/C60H114O8/c1-7-13-18-22-29-35-44-54(45-36-30-24-25-33-39-48-57(61)65-52-53(12-6)43-17-11-5)66-58(62)49-42-34-26-32-38-47-56(68-60(64)51-41-28-21-16-10-4)55(46-37-31-23-19-14-8-2)67-59(63)50-40-27-20-15-9-3/h53-56H,7-52H2,1-6H3. The summed E-state index contributed by atoms with van der Waals surface area (Å²) in [6, 6.07) is 0. The van der Waals surface area contributed by atoms with Crippen LogP contribution in [0.3, 0.4) is 0 Å². The maximum atomic E-state index is 13.2. The summed E-state index contributed by atoms with van der Waals surface area (Å²) in [5.41, 5.74) is 0. The van der Waals surface area contributed by atoms with Gasteiger partial charge in [0.1, 0.15) is 18.3 Å². The first-order chi connectivity index (χ1) is 33.2. The largest absolute Gasteiger partial charge is 0.465 e. The number of esters is 4. The molecule has 4 atom stereocenters. The van der Waals surface area contributed by atoms with Gasteiger partial charge in [-0.1, -0.05) is 221 Å². The lowest BCUT2D eigenvalue weighted by atomic mass is 9.98. The van der Waals surface area contributed by atoms with Gasteiger partial charge in [0.05, 0.1) is 6.61 Å². The average molecular weight is 964 g/mol.